The Morgan fingerprint density at radius 1 is 1.33 bits per heavy atom. The molecule has 0 amide bonds. The van der Waals surface area contributed by atoms with Crippen molar-refractivity contribution < 1.29 is 8.42 Å². The van der Waals surface area contributed by atoms with E-state index in [9.17, 15) is 8.42 Å². The Morgan fingerprint density at radius 2 is 2.10 bits per heavy atom. The maximum absolute atomic E-state index is 13.0. The maximum Gasteiger partial charge on any atom is 0.244 e. The van der Waals surface area contributed by atoms with E-state index in [0.29, 0.717) is 6.54 Å². The molecule has 0 bridgehead atoms. The molecule has 0 saturated carbocycles. The van der Waals surface area contributed by atoms with Crippen LogP contribution in [-0.4, -0.2) is 25.3 Å². The van der Waals surface area contributed by atoms with E-state index in [2.05, 4.69) is 6.92 Å². The summed E-state index contributed by atoms with van der Waals surface area (Å²) in [5, 5.41) is 0.268. The molecule has 1 aromatic carbocycles. The van der Waals surface area contributed by atoms with Crippen LogP contribution in [0.1, 0.15) is 44.6 Å². The number of rotatable bonds is 5. The fourth-order valence-corrected chi connectivity index (χ4v) is 5.28. The summed E-state index contributed by atoms with van der Waals surface area (Å²) in [7, 11) is -3.55. The fraction of sp³-hybridized carbons (Fsp3) is 0.600. The van der Waals surface area contributed by atoms with Crippen molar-refractivity contribution in [3.63, 3.8) is 0 Å². The van der Waals surface area contributed by atoms with Crippen molar-refractivity contribution in [1.29, 1.82) is 0 Å². The lowest BCUT2D eigenvalue weighted by Gasteiger charge is -2.34. The van der Waals surface area contributed by atoms with Gasteiger partial charge < -0.3 is 0 Å². The summed E-state index contributed by atoms with van der Waals surface area (Å²) in [5.41, 5.74) is 0.767. The van der Waals surface area contributed by atoms with E-state index in [4.69, 9.17) is 23.2 Å². The van der Waals surface area contributed by atoms with Gasteiger partial charge in [0.15, 0.2) is 0 Å². The number of benzene rings is 1. The Labute approximate surface area is 137 Å². The van der Waals surface area contributed by atoms with E-state index < -0.39 is 10.0 Å². The minimum absolute atomic E-state index is 0.0875. The standard InChI is InChI=1S/C15H21Cl2NO2S/c1-2-5-13-6-3-4-9-18(13)21(19,20)15-10-12(11-16)7-8-14(15)17/h7-8,10,13H,2-6,9,11H2,1H3. The van der Waals surface area contributed by atoms with Gasteiger partial charge in [-0.25, -0.2) is 8.42 Å². The van der Waals surface area contributed by atoms with Crippen molar-refractivity contribution in [1.82, 2.24) is 4.31 Å². The third-order valence-corrected chi connectivity index (χ3v) is 6.67. The average molecular weight is 350 g/mol. The molecule has 3 nitrogen and oxygen atoms in total. The van der Waals surface area contributed by atoms with E-state index in [1.165, 1.54) is 0 Å². The molecule has 0 aromatic heterocycles. The highest BCUT2D eigenvalue weighted by Gasteiger charge is 2.34. The Balaban J connectivity index is 2.40. The summed E-state index contributed by atoms with van der Waals surface area (Å²) in [6.07, 6.45) is 4.80. The van der Waals surface area contributed by atoms with E-state index in [1.54, 1.807) is 22.5 Å². The number of alkyl halides is 1. The molecular formula is C15H21Cl2NO2S. The van der Waals surface area contributed by atoms with Gasteiger partial charge in [-0.05, 0) is 37.0 Å². The lowest BCUT2D eigenvalue weighted by atomic mass is 10.0. The zero-order valence-corrected chi connectivity index (χ0v) is 14.5. The van der Waals surface area contributed by atoms with Crippen LogP contribution >= 0.6 is 23.2 Å². The lowest BCUT2D eigenvalue weighted by molar-refractivity contribution is 0.239. The van der Waals surface area contributed by atoms with Gasteiger partial charge in [0.05, 0.1) is 5.02 Å². The van der Waals surface area contributed by atoms with Gasteiger partial charge in [-0.3, -0.25) is 0 Å². The largest absolute Gasteiger partial charge is 0.244 e. The Hall–Kier alpha value is -0.290. The third kappa shape index (κ3) is 3.73. The second-order valence-electron chi connectivity index (χ2n) is 5.45. The predicted octanol–water partition coefficient (Wildman–Crippen LogP) is 4.42. The molecule has 0 spiro atoms. The summed E-state index contributed by atoms with van der Waals surface area (Å²) in [5.74, 6) is 0.276. The molecule has 1 aliphatic rings. The molecule has 0 aliphatic carbocycles. The molecule has 6 heteroatoms. The Morgan fingerprint density at radius 3 is 2.76 bits per heavy atom. The van der Waals surface area contributed by atoms with Crippen LogP contribution in [0.25, 0.3) is 0 Å². The van der Waals surface area contributed by atoms with Crippen LogP contribution in [0.15, 0.2) is 23.1 Å². The number of hydrogen-bond donors (Lipinski definition) is 0. The number of sulfonamides is 1. The highest BCUT2D eigenvalue weighted by molar-refractivity contribution is 7.89. The molecule has 0 radical (unpaired) electrons. The van der Waals surface area contributed by atoms with Crippen molar-refractivity contribution in [2.24, 2.45) is 0 Å². The number of halogens is 2. The summed E-state index contributed by atoms with van der Waals surface area (Å²) in [4.78, 5) is 0.185. The van der Waals surface area contributed by atoms with Gasteiger partial charge in [-0.15, -0.1) is 11.6 Å². The van der Waals surface area contributed by atoms with Crippen LogP contribution in [0, 0.1) is 0 Å². The first-order valence-corrected chi connectivity index (χ1v) is 9.72. The molecule has 118 valence electrons. The number of piperidine rings is 1. The summed E-state index contributed by atoms with van der Waals surface area (Å²) < 4.78 is 27.6. The van der Waals surface area contributed by atoms with Crippen LogP contribution in [0.3, 0.4) is 0 Å². The molecule has 2 rings (SSSR count). The highest BCUT2D eigenvalue weighted by atomic mass is 35.5. The van der Waals surface area contributed by atoms with E-state index in [0.717, 1.165) is 37.7 Å². The summed E-state index contributed by atoms with van der Waals surface area (Å²) >= 11 is 11.9. The van der Waals surface area contributed by atoms with E-state index >= 15 is 0 Å². The molecule has 1 heterocycles. The summed E-state index contributed by atoms with van der Waals surface area (Å²) in [6.45, 7) is 2.66. The zero-order chi connectivity index (χ0) is 15.5. The van der Waals surface area contributed by atoms with E-state index in [-0.39, 0.29) is 21.8 Å². The van der Waals surface area contributed by atoms with Gasteiger partial charge >= 0.3 is 0 Å². The molecule has 1 fully saturated rings. The molecule has 1 aromatic rings. The van der Waals surface area contributed by atoms with Crippen LogP contribution in [0.5, 0.6) is 0 Å². The van der Waals surface area contributed by atoms with E-state index in [1.807, 2.05) is 0 Å². The Kier molecular flexibility index (Phi) is 5.95. The third-order valence-electron chi connectivity index (χ3n) is 3.93. The molecule has 1 unspecified atom stereocenters. The first-order chi connectivity index (χ1) is 10.0. The van der Waals surface area contributed by atoms with Crippen molar-refractivity contribution in [2.75, 3.05) is 6.54 Å². The van der Waals surface area contributed by atoms with Crippen LogP contribution in [0.4, 0.5) is 0 Å². The molecule has 1 atom stereocenters. The molecule has 1 saturated heterocycles. The molecule has 21 heavy (non-hydrogen) atoms. The molecular weight excluding hydrogens is 329 g/mol. The second-order valence-corrected chi connectivity index (χ2v) is 7.99. The van der Waals surface area contributed by atoms with Crippen LogP contribution in [0.2, 0.25) is 5.02 Å². The first kappa shape index (κ1) is 17.1. The first-order valence-electron chi connectivity index (χ1n) is 7.37. The lowest BCUT2D eigenvalue weighted by Crippen LogP contribution is -2.43. The smallest absolute Gasteiger partial charge is 0.207 e. The van der Waals surface area contributed by atoms with Crippen molar-refractivity contribution in [2.45, 2.75) is 55.8 Å². The zero-order valence-electron chi connectivity index (χ0n) is 12.2. The minimum Gasteiger partial charge on any atom is -0.207 e. The SMILES string of the molecule is CCCC1CCCCN1S(=O)(=O)c1cc(CCl)ccc1Cl. The van der Waals surface area contributed by atoms with Gasteiger partial charge in [0.2, 0.25) is 10.0 Å². The van der Waals surface area contributed by atoms with Crippen molar-refractivity contribution in [3.05, 3.63) is 28.8 Å². The van der Waals surface area contributed by atoms with Crippen molar-refractivity contribution >= 4 is 33.2 Å². The fourth-order valence-electron chi connectivity index (χ4n) is 2.87. The number of hydrogen-bond acceptors (Lipinski definition) is 2. The molecule has 1 aliphatic heterocycles. The maximum atomic E-state index is 13.0. The summed E-state index contributed by atoms with van der Waals surface area (Å²) in [6, 6.07) is 5.06. The van der Waals surface area contributed by atoms with Gasteiger partial charge in [0.1, 0.15) is 4.90 Å². The monoisotopic (exact) mass is 349 g/mol. The van der Waals surface area contributed by atoms with Gasteiger partial charge in [-0.1, -0.05) is 37.4 Å². The molecule has 0 N–H and O–H groups in total. The second kappa shape index (κ2) is 7.32. The Bertz CT molecular complexity index is 587. The van der Waals surface area contributed by atoms with Gasteiger partial charge in [0, 0.05) is 18.5 Å². The highest BCUT2D eigenvalue weighted by Crippen LogP contribution is 2.32. The van der Waals surface area contributed by atoms with Gasteiger partial charge in [0.25, 0.3) is 0 Å². The topological polar surface area (TPSA) is 37.4 Å². The normalized spacial score (nSPS) is 20.6. The van der Waals surface area contributed by atoms with Crippen LogP contribution in [-0.2, 0) is 15.9 Å². The average Bonchev–Trinajstić information content (AvgIpc) is 2.48. The van der Waals surface area contributed by atoms with Gasteiger partial charge in [-0.2, -0.15) is 4.31 Å². The number of nitrogens with zero attached hydrogens (tertiary/aromatic N) is 1. The quantitative estimate of drug-likeness (QED) is 0.737. The predicted molar refractivity (Wildman–Crippen MR) is 87.4 cm³/mol. The minimum atomic E-state index is -3.55. The van der Waals surface area contributed by atoms with Crippen molar-refractivity contribution in [3.8, 4) is 0 Å². The van der Waals surface area contributed by atoms with Crippen LogP contribution < -0.4 is 0 Å².